The van der Waals surface area contributed by atoms with Gasteiger partial charge in [-0.2, -0.15) is 0 Å². The number of piperidine rings is 2. The van der Waals surface area contributed by atoms with E-state index in [0.29, 0.717) is 29.2 Å². The van der Waals surface area contributed by atoms with Crippen molar-refractivity contribution in [2.75, 3.05) is 0 Å². The van der Waals surface area contributed by atoms with Crippen molar-refractivity contribution < 1.29 is 14.4 Å². The summed E-state index contributed by atoms with van der Waals surface area (Å²) in [7, 11) is -4.76. The highest BCUT2D eigenvalue weighted by molar-refractivity contribution is 7.59. The normalized spacial score (nSPS) is 35.0. The number of para-hydroxylation sites is 2. The van der Waals surface area contributed by atoms with Crippen LogP contribution in [0.5, 0.6) is 0 Å². The third kappa shape index (κ3) is 3.91. The lowest BCUT2D eigenvalue weighted by Gasteiger charge is -2.55. The van der Waals surface area contributed by atoms with Crippen LogP contribution in [0, 0.1) is 11.8 Å². The molecule has 6 rings (SSSR count). The summed E-state index contributed by atoms with van der Waals surface area (Å²) in [6.45, 7) is 0. The molecule has 2 aliphatic heterocycles. The standard InChI is InChI=1S/C25H34N3O4P/c29-25-24(33(30,31)32)26-22-9-1-2-10-23(22)28(25)21-14-18-7-4-8-19(15-21)27(18)20-12-16-5-3-6-17(11-16)13-20/h1-2,9-10,16-21H,3-8,11-15H2,(H2,30,31,32)/t16-,17-,18+,19+/m1/s1. The van der Waals surface area contributed by atoms with Crippen molar-refractivity contribution in [1.82, 2.24) is 14.5 Å². The highest BCUT2D eigenvalue weighted by Gasteiger charge is 2.45. The Bertz CT molecular complexity index is 1130. The van der Waals surface area contributed by atoms with Crippen LogP contribution in [0.4, 0.5) is 0 Å². The molecule has 0 spiro atoms. The second-order valence-electron chi connectivity index (χ2n) is 11.0. The molecule has 0 radical (unpaired) electrons. The highest BCUT2D eigenvalue weighted by Crippen LogP contribution is 2.47. The van der Waals surface area contributed by atoms with Gasteiger partial charge in [-0.1, -0.05) is 37.8 Å². The Morgan fingerprint density at radius 3 is 2.12 bits per heavy atom. The average Bonchev–Trinajstić information content (AvgIpc) is 2.77. The molecule has 0 amide bonds. The van der Waals surface area contributed by atoms with Crippen LogP contribution in [0.15, 0.2) is 29.1 Å². The Morgan fingerprint density at radius 1 is 0.818 bits per heavy atom. The van der Waals surface area contributed by atoms with Gasteiger partial charge in [0.05, 0.1) is 11.0 Å². The fraction of sp³-hybridized carbons (Fsp3) is 0.680. The van der Waals surface area contributed by atoms with Crippen molar-refractivity contribution in [1.29, 1.82) is 0 Å². The van der Waals surface area contributed by atoms with Crippen LogP contribution in [-0.2, 0) is 4.57 Å². The van der Waals surface area contributed by atoms with Crippen LogP contribution in [0.1, 0.15) is 76.7 Å². The zero-order valence-corrected chi connectivity index (χ0v) is 19.9. The molecule has 7 nitrogen and oxygen atoms in total. The van der Waals surface area contributed by atoms with Gasteiger partial charge in [-0.15, -0.1) is 0 Å². The van der Waals surface area contributed by atoms with Gasteiger partial charge in [0.2, 0.25) is 5.44 Å². The van der Waals surface area contributed by atoms with E-state index >= 15 is 0 Å². The predicted octanol–water partition coefficient (Wildman–Crippen LogP) is 3.73. The summed E-state index contributed by atoms with van der Waals surface area (Å²) in [6, 6.07) is 8.77. The van der Waals surface area contributed by atoms with Crippen molar-refractivity contribution >= 4 is 24.1 Å². The van der Waals surface area contributed by atoms with E-state index in [9.17, 15) is 19.1 Å². The van der Waals surface area contributed by atoms with E-state index in [2.05, 4.69) is 9.88 Å². The molecule has 8 heteroatoms. The van der Waals surface area contributed by atoms with Gasteiger partial charge in [0.15, 0.2) is 0 Å². The number of fused-ring (bicyclic) bond motifs is 5. The first-order valence-electron chi connectivity index (χ1n) is 12.7. The summed E-state index contributed by atoms with van der Waals surface area (Å²) in [5.41, 5.74) is -0.0776. The fourth-order valence-corrected chi connectivity index (χ4v) is 8.42. The molecule has 2 saturated heterocycles. The molecule has 4 bridgehead atoms. The van der Waals surface area contributed by atoms with Crippen molar-refractivity contribution in [3.8, 4) is 0 Å². The maximum Gasteiger partial charge on any atom is 0.380 e. The topological polar surface area (TPSA) is 95.7 Å². The number of hydrogen-bond donors (Lipinski definition) is 2. The molecule has 2 aromatic rings. The van der Waals surface area contributed by atoms with Gasteiger partial charge in [-0.05, 0) is 68.9 Å². The fourth-order valence-electron chi connectivity index (χ4n) is 7.83. The lowest BCUT2D eigenvalue weighted by atomic mass is 9.68. The Kier molecular flexibility index (Phi) is 5.52. The second kappa shape index (κ2) is 8.30. The van der Waals surface area contributed by atoms with Gasteiger partial charge in [0.25, 0.3) is 5.56 Å². The maximum absolute atomic E-state index is 13.4. The van der Waals surface area contributed by atoms with Crippen LogP contribution in [0.25, 0.3) is 11.0 Å². The minimum absolute atomic E-state index is 0.0506. The number of hydrogen-bond acceptors (Lipinski definition) is 4. The Hall–Kier alpha value is -1.53. The molecule has 178 valence electrons. The Morgan fingerprint density at radius 2 is 1.45 bits per heavy atom. The van der Waals surface area contributed by atoms with E-state index in [4.69, 9.17) is 0 Å². The lowest BCUT2D eigenvalue weighted by molar-refractivity contribution is -0.0485. The van der Waals surface area contributed by atoms with Crippen LogP contribution < -0.4 is 11.0 Å². The van der Waals surface area contributed by atoms with Gasteiger partial charge in [-0.25, -0.2) is 4.98 Å². The molecule has 1 aromatic heterocycles. The summed E-state index contributed by atoms with van der Waals surface area (Å²) >= 11 is 0. The minimum Gasteiger partial charge on any atom is -0.320 e. The average molecular weight is 472 g/mol. The van der Waals surface area contributed by atoms with Crippen LogP contribution >= 0.6 is 7.60 Å². The Balaban J connectivity index is 1.36. The largest absolute Gasteiger partial charge is 0.380 e. The third-order valence-corrected chi connectivity index (χ3v) is 9.79. The van der Waals surface area contributed by atoms with E-state index < -0.39 is 18.6 Å². The van der Waals surface area contributed by atoms with Gasteiger partial charge in [0, 0.05) is 24.2 Å². The highest BCUT2D eigenvalue weighted by atomic mass is 31.2. The zero-order valence-electron chi connectivity index (χ0n) is 19.1. The van der Waals surface area contributed by atoms with Gasteiger partial charge in [-0.3, -0.25) is 14.3 Å². The Labute approximate surface area is 194 Å². The molecule has 2 saturated carbocycles. The first-order chi connectivity index (χ1) is 15.9. The van der Waals surface area contributed by atoms with Crippen molar-refractivity contribution in [3.05, 3.63) is 34.6 Å². The van der Waals surface area contributed by atoms with E-state index in [-0.39, 0.29) is 6.04 Å². The van der Waals surface area contributed by atoms with Gasteiger partial charge < -0.3 is 14.4 Å². The molecule has 4 atom stereocenters. The van der Waals surface area contributed by atoms with E-state index in [0.717, 1.165) is 37.5 Å². The summed E-state index contributed by atoms with van der Waals surface area (Å²) in [4.78, 5) is 39.9. The number of rotatable bonds is 3. The van der Waals surface area contributed by atoms with Crippen LogP contribution in [0.3, 0.4) is 0 Å². The van der Waals surface area contributed by atoms with E-state index in [1.54, 1.807) is 16.7 Å². The molecule has 3 heterocycles. The van der Waals surface area contributed by atoms with Crippen LogP contribution in [-0.4, -0.2) is 42.4 Å². The first-order valence-corrected chi connectivity index (χ1v) is 14.3. The third-order valence-electron chi connectivity index (χ3n) is 8.95. The summed E-state index contributed by atoms with van der Waals surface area (Å²) in [5.74, 6) is 1.78. The summed E-state index contributed by atoms with van der Waals surface area (Å²) < 4.78 is 13.8. The predicted molar refractivity (Wildman–Crippen MR) is 128 cm³/mol. The van der Waals surface area contributed by atoms with Crippen molar-refractivity contribution in [2.24, 2.45) is 11.8 Å². The zero-order chi connectivity index (χ0) is 22.7. The SMILES string of the molecule is O=c1c(P(=O)(O)O)nc2ccccc2n1C1C[C@@H]2CCC[C@@H](C1)N2C1C[C@@H]2CCC[C@@H](C1)C2. The van der Waals surface area contributed by atoms with E-state index in [1.165, 1.54) is 44.9 Å². The molecule has 0 unspecified atom stereocenters. The van der Waals surface area contributed by atoms with E-state index in [1.807, 2.05) is 12.1 Å². The molecule has 2 N–H and O–H groups in total. The smallest absolute Gasteiger partial charge is 0.320 e. The second-order valence-corrected chi connectivity index (χ2v) is 12.5. The molecule has 4 fully saturated rings. The number of nitrogens with zero attached hydrogens (tertiary/aromatic N) is 3. The molecule has 2 aliphatic carbocycles. The summed E-state index contributed by atoms with van der Waals surface area (Å²) in [6.07, 6.45) is 13.5. The summed E-state index contributed by atoms with van der Waals surface area (Å²) in [5, 5.41) is 0. The molecule has 4 aliphatic rings. The van der Waals surface area contributed by atoms with Crippen molar-refractivity contribution in [2.45, 2.75) is 94.8 Å². The minimum atomic E-state index is -4.76. The molecule has 1 aromatic carbocycles. The quantitative estimate of drug-likeness (QED) is 0.663. The molecule has 33 heavy (non-hydrogen) atoms. The molecular formula is C25H34N3O4P. The molecular weight excluding hydrogens is 437 g/mol. The first kappa shape index (κ1) is 22.0. The number of benzene rings is 1. The van der Waals surface area contributed by atoms with Crippen LogP contribution in [0.2, 0.25) is 0 Å². The maximum atomic E-state index is 13.4. The van der Waals surface area contributed by atoms with Gasteiger partial charge >= 0.3 is 7.60 Å². The number of aromatic nitrogens is 2. The monoisotopic (exact) mass is 471 g/mol. The lowest BCUT2D eigenvalue weighted by Crippen LogP contribution is -2.59. The van der Waals surface area contributed by atoms with Crippen molar-refractivity contribution in [3.63, 3.8) is 0 Å². The van der Waals surface area contributed by atoms with Gasteiger partial charge in [0.1, 0.15) is 0 Å².